The van der Waals surface area contributed by atoms with Gasteiger partial charge in [-0.3, -0.25) is 4.99 Å². The van der Waals surface area contributed by atoms with E-state index in [9.17, 15) is 4.39 Å². The van der Waals surface area contributed by atoms with E-state index in [1.165, 1.54) is 18.7 Å². The second kappa shape index (κ2) is 8.78. The Balaban J connectivity index is 1.80. The molecule has 0 bridgehead atoms. The molecule has 2 N–H and O–H groups in total. The van der Waals surface area contributed by atoms with E-state index in [-0.39, 0.29) is 11.6 Å². The number of hydrogen-bond acceptors (Lipinski definition) is 2. The topological polar surface area (TPSA) is 45.7 Å². The number of nitrogens with zero attached hydrogens (tertiary/aromatic N) is 1. The van der Waals surface area contributed by atoms with Gasteiger partial charge in [0, 0.05) is 20.1 Å². The standard InChI is InChI=1S/C18H22FN3O/c1-20-18(21-11-10-14-6-4-3-5-7-14)22-13-15-8-9-17(23-2)16(19)12-15/h3-9,12H,10-11,13H2,1-2H3,(H2,20,21,22). The van der Waals surface area contributed by atoms with Crippen molar-refractivity contribution in [2.24, 2.45) is 4.99 Å². The Kier molecular flexibility index (Phi) is 6.41. The van der Waals surface area contributed by atoms with Crippen LogP contribution >= 0.6 is 0 Å². The summed E-state index contributed by atoms with van der Waals surface area (Å²) < 4.78 is 18.6. The smallest absolute Gasteiger partial charge is 0.191 e. The molecule has 0 amide bonds. The molecule has 0 aromatic heterocycles. The molecule has 4 nitrogen and oxygen atoms in total. The SMILES string of the molecule is CN=C(NCCc1ccccc1)NCc1ccc(OC)c(F)c1. The molecule has 0 saturated carbocycles. The van der Waals surface area contributed by atoms with Crippen LogP contribution in [0.25, 0.3) is 0 Å². The Labute approximate surface area is 136 Å². The zero-order valence-corrected chi connectivity index (χ0v) is 13.5. The molecule has 0 atom stereocenters. The highest BCUT2D eigenvalue weighted by molar-refractivity contribution is 5.79. The minimum Gasteiger partial charge on any atom is -0.494 e. The summed E-state index contributed by atoms with van der Waals surface area (Å²) in [6, 6.07) is 15.2. The van der Waals surface area contributed by atoms with Gasteiger partial charge in [-0.1, -0.05) is 36.4 Å². The molecule has 0 heterocycles. The van der Waals surface area contributed by atoms with Crippen LogP contribution < -0.4 is 15.4 Å². The van der Waals surface area contributed by atoms with Crippen molar-refractivity contribution < 1.29 is 9.13 Å². The lowest BCUT2D eigenvalue weighted by Gasteiger charge is -2.12. The molecule has 0 fully saturated rings. The average molecular weight is 315 g/mol. The van der Waals surface area contributed by atoms with Gasteiger partial charge in [-0.25, -0.2) is 4.39 Å². The molecule has 5 heteroatoms. The van der Waals surface area contributed by atoms with Gasteiger partial charge in [0.05, 0.1) is 7.11 Å². The lowest BCUT2D eigenvalue weighted by atomic mass is 10.1. The fourth-order valence-electron chi connectivity index (χ4n) is 2.20. The third-order valence-electron chi connectivity index (χ3n) is 3.45. The van der Waals surface area contributed by atoms with Crippen LogP contribution in [0, 0.1) is 5.82 Å². The van der Waals surface area contributed by atoms with Crippen molar-refractivity contribution in [3.8, 4) is 5.75 Å². The van der Waals surface area contributed by atoms with Gasteiger partial charge in [0.15, 0.2) is 17.5 Å². The highest BCUT2D eigenvalue weighted by atomic mass is 19.1. The summed E-state index contributed by atoms with van der Waals surface area (Å²) in [5.74, 6) is 0.579. The maximum Gasteiger partial charge on any atom is 0.191 e. The summed E-state index contributed by atoms with van der Waals surface area (Å²) in [7, 11) is 3.17. The third-order valence-corrected chi connectivity index (χ3v) is 3.45. The van der Waals surface area contributed by atoms with Crippen LogP contribution in [0.15, 0.2) is 53.5 Å². The molecule has 23 heavy (non-hydrogen) atoms. The van der Waals surface area contributed by atoms with Crippen molar-refractivity contribution in [2.75, 3.05) is 20.7 Å². The first-order chi connectivity index (χ1) is 11.2. The van der Waals surface area contributed by atoms with Gasteiger partial charge < -0.3 is 15.4 Å². The van der Waals surface area contributed by atoms with Crippen LogP contribution in [-0.4, -0.2) is 26.7 Å². The van der Waals surface area contributed by atoms with E-state index in [2.05, 4.69) is 27.8 Å². The van der Waals surface area contributed by atoms with Gasteiger partial charge in [0.2, 0.25) is 0 Å². The van der Waals surface area contributed by atoms with Crippen LogP contribution in [0.2, 0.25) is 0 Å². The number of benzene rings is 2. The Hall–Kier alpha value is -2.56. The monoisotopic (exact) mass is 315 g/mol. The highest BCUT2D eigenvalue weighted by Gasteiger charge is 2.04. The van der Waals surface area contributed by atoms with E-state index in [0.29, 0.717) is 12.5 Å². The zero-order valence-electron chi connectivity index (χ0n) is 13.5. The van der Waals surface area contributed by atoms with Gasteiger partial charge in [0.25, 0.3) is 0 Å². The minimum atomic E-state index is -0.362. The van der Waals surface area contributed by atoms with E-state index in [1.807, 2.05) is 24.3 Å². The molecule has 122 valence electrons. The summed E-state index contributed by atoms with van der Waals surface area (Å²) in [5, 5.41) is 6.41. The number of guanidine groups is 1. The predicted octanol–water partition coefficient (Wildman–Crippen LogP) is 2.74. The average Bonchev–Trinajstić information content (AvgIpc) is 2.59. The molecule has 0 aliphatic heterocycles. The van der Waals surface area contributed by atoms with E-state index in [4.69, 9.17) is 4.74 Å². The number of aliphatic imine (C=N–C) groups is 1. The second-order valence-corrected chi connectivity index (χ2v) is 5.06. The van der Waals surface area contributed by atoms with Crippen molar-refractivity contribution in [1.29, 1.82) is 0 Å². The first-order valence-electron chi connectivity index (χ1n) is 7.54. The maximum absolute atomic E-state index is 13.6. The van der Waals surface area contributed by atoms with Crippen molar-refractivity contribution in [2.45, 2.75) is 13.0 Å². The van der Waals surface area contributed by atoms with Crippen LogP contribution in [0.1, 0.15) is 11.1 Å². The molecule has 0 radical (unpaired) electrons. The summed E-state index contributed by atoms with van der Waals surface area (Å²) in [6.07, 6.45) is 0.915. The van der Waals surface area contributed by atoms with E-state index >= 15 is 0 Å². The molecule has 0 aliphatic carbocycles. The van der Waals surface area contributed by atoms with E-state index in [1.54, 1.807) is 13.1 Å². The van der Waals surface area contributed by atoms with E-state index in [0.717, 1.165) is 18.5 Å². The number of nitrogens with one attached hydrogen (secondary N) is 2. The summed E-state index contributed by atoms with van der Waals surface area (Å²) >= 11 is 0. The molecule has 2 aromatic carbocycles. The highest BCUT2D eigenvalue weighted by Crippen LogP contribution is 2.17. The lowest BCUT2D eigenvalue weighted by Crippen LogP contribution is -2.37. The van der Waals surface area contributed by atoms with E-state index < -0.39 is 0 Å². The number of ether oxygens (including phenoxy) is 1. The van der Waals surface area contributed by atoms with Gasteiger partial charge in [-0.05, 0) is 29.7 Å². The van der Waals surface area contributed by atoms with Crippen molar-refractivity contribution in [3.63, 3.8) is 0 Å². The second-order valence-electron chi connectivity index (χ2n) is 5.06. The molecule has 0 spiro atoms. The minimum absolute atomic E-state index is 0.249. The molecule has 0 saturated heterocycles. The van der Waals surface area contributed by atoms with Crippen molar-refractivity contribution in [1.82, 2.24) is 10.6 Å². The fraction of sp³-hybridized carbons (Fsp3) is 0.278. The number of rotatable bonds is 6. The first kappa shape index (κ1) is 16.8. The molecule has 0 unspecified atom stereocenters. The van der Waals surface area contributed by atoms with Crippen LogP contribution in [0.4, 0.5) is 4.39 Å². The van der Waals surface area contributed by atoms with Gasteiger partial charge in [-0.2, -0.15) is 0 Å². The van der Waals surface area contributed by atoms with Gasteiger partial charge in [-0.15, -0.1) is 0 Å². The number of halogens is 1. The Morgan fingerprint density at radius 3 is 2.52 bits per heavy atom. The molecule has 2 aromatic rings. The van der Waals surface area contributed by atoms with Crippen molar-refractivity contribution in [3.05, 3.63) is 65.5 Å². The Morgan fingerprint density at radius 2 is 1.87 bits per heavy atom. The number of methoxy groups -OCH3 is 1. The summed E-state index contributed by atoms with van der Waals surface area (Å²) in [5.41, 5.74) is 2.10. The van der Waals surface area contributed by atoms with Crippen LogP contribution in [0.5, 0.6) is 5.75 Å². The molecule has 0 aliphatic rings. The lowest BCUT2D eigenvalue weighted by molar-refractivity contribution is 0.386. The zero-order chi connectivity index (χ0) is 16.5. The normalized spacial score (nSPS) is 11.2. The summed E-state index contributed by atoms with van der Waals surface area (Å²) in [6.45, 7) is 1.27. The van der Waals surface area contributed by atoms with Crippen LogP contribution in [-0.2, 0) is 13.0 Å². The Bertz CT molecular complexity index is 644. The van der Waals surface area contributed by atoms with Gasteiger partial charge >= 0.3 is 0 Å². The largest absolute Gasteiger partial charge is 0.494 e. The molecule has 2 rings (SSSR count). The predicted molar refractivity (Wildman–Crippen MR) is 91.3 cm³/mol. The van der Waals surface area contributed by atoms with Crippen molar-refractivity contribution >= 4 is 5.96 Å². The Morgan fingerprint density at radius 1 is 1.09 bits per heavy atom. The molecular formula is C18H22FN3O. The first-order valence-corrected chi connectivity index (χ1v) is 7.54. The third kappa shape index (κ3) is 5.29. The maximum atomic E-state index is 13.6. The quantitative estimate of drug-likeness (QED) is 0.636. The van der Waals surface area contributed by atoms with Gasteiger partial charge in [0.1, 0.15) is 0 Å². The molecular weight excluding hydrogens is 293 g/mol. The summed E-state index contributed by atoms with van der Waals surface area (Å²) in [4.78, 5) is 4.17. The number of hydrogen-bond donors (Lipinski definition) is 2. The van der Waals surface area contributed by atoms with Crippen LogP contribution in [0.3, 0.4) is 0 Å². The fourth-order valence-corrected chi connectivity index (χ4v) is 2.20.